The summed E-state index contributed by atoms with van der Waals surface area (Å²) < 4.78 is 35.0. The van der Waals surface area contributed by atoms with E-state index in [9.17, 15) is 18.4 Å². The van der Waals surface area contributed by atoms with Crippen molar-refractivity contribution in [2.24, 2.45) is 0 Å². The van der Waals surface area contributed by atoms with Crippen molar-refractivity contribution in [1.29, 1.82) is 0 Å². The van der Waals surface area contributed by atoms with E-state index in [2.05, 4.69) is 26.7 Å². The Labute approximate surface area is 162 Å². The number of nitrogens with one attached hydrogen (secondary N) is 2. The van der Waals surface area contributed by atoms with Crippen LogP contribution in [0, 0.1) is 11.6 Å². The van der Waals surface area contributed by atoms with Crippen molar-refractivity contribution in [3.8, 4) is 0 Å². The number of anilines is 2. The molecule has 0 spiro atoms. The summed E-state index contributed by atoms with van der Waals surface area (Å²) in [4.78, 5) is 29.4. The van der Waals surface area contributed by atoms with Gasteiger partial charge in [0.2, 0.25) is 5.82 Å². The first-order valence-corrected chi connectivity index (χ1v) is 8.74. The van der Waals surface area contributed by atoms with Gasteiger partial charge in [-0.25, -0.2) is 9.87 Å². The molecule has 2 N–H and O–H groups in total. The summed E-state index contributed by atoms with van der Waals surface area (Å²) in [5.74, 6) is -2.69. The molecule has 0 aliphatic rings. The van der Waals surface area contributed by atoms with Gasteiger partial charge in [-0.2, -0.15) is 4.39 Å². The number of halogens is 3. The van der Waals surface area contributed by atoms with Crippen LogP contribution < -0.4 is 16.4 Å². The summed E-state index contributed by atoms with van der Waals surface area (Å²) in [5, 5.41) is 2.49. The van der Waals surface area contributed by atoms with Gasteiger partial charge in [0.15, 0.2) is 0 Å². The minimum absolute atomic E-state index is 0.0717. The van der Waals surface area contributed by atoms with Crippen molar-refractivity contribution in [2.75, 3.05) is 25.6 Å². The number of nitrogens with zero attached hydrogens (tertiary/aromatic N) is 1. The summed E-state index contributed by atoms with van der Waals surface area (Å²) in [7, 11) is 1.46. The highest BCUT2D eigenvalue weighted by molar-refractivity contribution is 9.10. The molecule has 0 aliphatic carbocycles. The molecule has 0 saturated heterocycles. The highest BCUT2D eigenvalue weighted by atomic mass is 79.9. The summed E-state index contributed by atoms with van der Waals surface area (Å²) in [6, 6.07) is 4.05. The molecule has 1 aromatic carbocycles. The van der Waals surface area contributed by atoms with Gasteiger partial charge in [-0.15, -0.1) is 0 Å². The van der Waals surface area contributed by atoms with Crippen LogP contribution in [0.1, 0.15) is 17.3 Å². The lowest BCUT2D eigenvalue weighted by molar-refractivity contribution is 0.00887. The minimum atomic E-state index is -1.20. The zero-order valence-electron chi connectivity index (χ0n) is 14.6. The van der Waals surface area contributed by atoms with E-state index in [0.717, 1.165) is 4.57 Å². The fraction of sp³-hybridized carbons (Fsp3) is 0.294. The first kappa shape index (κ1) is 21.0. The number of hydroxylamine groups is 1. The molecule has 2 rings (SSSR count). The Bertz CT molecular complexity index is 889. The molecule has 27 heavy (non-hydrogen) atoms. The lowest BCUT2D eigenvalue weighted by Crippen LogP contribution is -2.31. The number of amides is 1. The van der Waals surface area contributed by atoms with E-state index in [1.54, 1.807) is 6.92 Å². The van der Waals surface area contributed by atoms with E-state index in [4.69, 9.17) is 9.57 Å². The number of benzene rings is 1. The van der Waals surface area contributed by atoms with Crippen LogP contribution in [-0.2, 0) is 16.1 Å². The predicted octanol–water partition coefficient (Wildman–Crippen LogP) is 2.96. The van der Waals surface area contributed by atoms with Gasteiger partial charge in [0, 0.05) is 24.3 Å². The van der Waals surface area contributed by atoms with E-state index in [1.165, 1.54) is 31.5 Å². The molecule has 146 valence electrons. The van der Waals surface area contributed by atoms with Gasteiger partial charge < -0.3 is 14.6 Å². The zero-order chi connectivity index (χ0) is 20.0. The number of hydrogen-bond donors (Lipinski definition) is 2. The van der Waals surface area contributed by atoms with Crippen LogP contribution in [0.15, 0.2) is 33.7 Å². The average molecular weight is 446 g/mol. The highest BCUT2D eigenvalue weighted by Gasteiger charge is 2.22. The minimum Gasteiger partial charge on any atom is -0.382 e. The van der Waals surface area contributed by atoms with Crippen molar-refractivity contribution in [1.82, 2.24) is 10.0 Å². The number of hydrogen-bond acceptors (Lipinski definition) is 5. The Morgan fingerprint density at radius 1 is 1.30 bits per heavy atom. The Balaban J connectivity index is 2.42. The highest BCUT2D eigenvalue weighted by Crippen LogP contribution is 2.26. The lowest BCUT2D eigenvalue weighted by atomic mass is 10.2. The molecular weight excluding hydrogens is 428 g/mol. The number of methoxy groups -OCH3 is 1. The van der Waals surface area contributed by atoms with Crippen LogP contribution in [0.5, 0.6) is 0 Å². The van der Waals surface area contributed by atoms with Crippen LogP contribution in [-0.4, -0.2) is 30.8 Å². The quantitative estimate of drug-likeness (QED) is 0.482. The Kier molecular flexibility index (Phi) is 7.45. The number of ether oxygens (including phenoxy) is 1. The van der Waals surface area contributed by atoms with Crippen LogP contribution in [0.4, 0.5) is 20.2 Å². The number of carbonyl (C=O) groups excluding carboxylic acids is 1. The first-order valence-electron chi connectivity index (χ1n) is 7.95. The molecule has 0 saturated carbocycles. The number of pyridine rings is 1. The number of rotatable bonds is 8. The first-order chi connectivity index (χ1) is 12.9. The summed E-state index contributed by atoms with van der Waals surface area (Å²) in [6.07, 6.45) is 1.18. The van der Waals surface area contributed by atoms with Crippen molar-refractivity contribution in [3.05, 3.63) is 56.4 Å². The largest absolute Gasteiger partial charge is 0.382 e. The average Bonchev–Trinajstić information content (AvgIpc) is 2.64. The maximum Gasteiger partial charge on any atom is 0.288 e. The second-order valence-corrected chi connectivity index (χ2v) is 6.26. The molecule has 0 unspecified atom stereocenters. The summed E-state index contributed by atoms with van der Waals surface area (Å²) >= 11 is 3.12. The maximum atomic E-state index is 14.6. The van der Waals surface area contributed by atoms with Gasteiger partial charge in [-0.05, 0) is 25.1 Å². The standard InChI is InChI=1S/C17H18BrF2N3O4/c1-3-23-9-11(16(24)22-27-7-6-26-2)15(14(20)17(23)25)21-13-5-4-10(18)8-12(13)19/h4-5,8-9,21H,3,6-7H2,1-2H3,(H,22,24). The molecule has 7 nitrogen and oxygen atoms in total. The van der Waals surface area contributed by atoms with E-state index in [0.29, 0.717) is 4.47 Å². The smallest absolute Gasteiger partial charge is 0.288 e. The van der Waals surface area contributed by atoms with Gasteiger partial charge in [0.25, 0.3) is 11.5 Å². The molecule has 0 aliphatic heterocycles. The van der Waals surface area contributed by atoms with Crippen molar-refractivity contribution >= 4 is 33.2 Å². The van der Waals surface area contributed by atoms with Crippen molar-refractivity contribution in [3.63, 3.8) is 0 Å². The molecule has 1 aromatic heterocycles. The molecular formula is C17H18BrF2N3O4. The van der Waals surface area contributed by atoms with Crippen molar-refractivity contribution < 1.29 is 23.1 Å². The molecule has 0 radical (unpaired) electrons. The van der Waals surface area contributed by atoms with Gasteiger partial charge in [0.05, 0.1) is 30.2 Å². The normalized spacial score (nSPS) is 10.7. The lowest BCUT2D eigenvalue weighted by Gasteiger charge is -2.15. The molecule has 1 amide bonds. The second-order valence-electron chi connectivity index (χ2n) is 5.34. The monoisotopic (exact) mass is 445 g/mol. The van der Waals surface area contributed by atoms with E-state index in [-0.39, 0.29) is 31.0 Å². The molecule has 0 bridgehead atoms. The SMILES string of the molecule is CCn1cc(C(=O)NOCCOC)c(Nc2ccc(Br)cc2F)c(F)c1=O. The van der Waals surface area contributed by atoms with Crippen LogP contribution >= 0.6 is 15.9 Å². The van der Waals surface area contributed by atoms with Gasteiger partial charge >= 0.3 is 0 Å². The van der Waals surface area contributed by atoms with Crippen molar-refractivity contribution in [2.45, 2.75) is 13.5 Å². The van der Waals surface area contributed by atoms with Gasteiger partial charge in [-0.3, -0.25) is 14.4 Å². The Hall–Kier alpha value is -2.30. The van der Waals surface area contributed by atoms with E-state index < -0.39 is 28.8 Å². The molecule has 2 aromatic rings. The van der Waals surface area contributed by atoms with Gasteiger partial charge in [-0.1, -0.05) is 15.9 Å². The third kappa shape index (κ3) is 5.12. The number of aromatic nitrogens is 1. The maximum absolute atomic E-state index is 14.6. The summed E-state index contributed by atoms with van der Waals surface area (Å²) in [5.41, 5.74) is 0.447. The molecule has 0 atom stereocenters. The zero-order valence-corrected chi connectivity index (χ0v) is 16.2. The number of aryl methyl sites for hydroxylation is 1. The van der Waals surface area contributed by atoms with Crippen LogP contribution in [0.2, 0.25) is 0 Å². The van der Waals surface area contributed by atoms with E-state index >= 15 is 0 Å². The molecule has 0 fully saturated rings. The number of carbonyl (C=O) groups is 1. The summed E-state index contributed by atoms with van der Waals surface area (Å²) in [6.45, 7) is 2.08. The van der Waals surface area contributed by atoms with Crippen LogP contribution in [0.3, 0.4) is 0 Å². The van der Waals surface area contributed by atoms with Crippen LogP contribution in [0.25, 0.3) is 0 Å². The fourth-order valence-electron chi connectivity index (χ4n) is 2.18. The fourth-order valence-corrected chi connectivity index (χ4v) is 2.51. The topological polar surface area (TPSA) is 81.6 Å². The molecule has 10 heteroatoms. The third-order valence-electron chi connectivity index (χ3n) is 3.55. The molecule has 1 heterocycles. The van der Waals surface area contributed by atoms with Gasteiger partial charge in [0.1, 0.15) is 5.82 Å². The predicted molar refractivity (Wildman–Crippen MR) is 99.0 cm³/mol. The third-order valence-corrected chi connectivity index (χ3v) is 4.05. The Morgan fingerprint density at radius 3 is 2.67 bits per heavy atom. The Morgan fingerprint density at radius 2 is 2.04 bits per heavy atom. The second kappa shape index (κ2) is 9.58. The van der Waals surface area contributed by atoms with E-state index in [1.807, 2.05) is 0 Å².